The van der Waals surface area contributed by atoms with Gasteiger partial charge in [0, 0.05) is 30.8 Å². The van der Waals surface area contributed by atoms with E-state index in [0.717, 1.165) is 5.56 Å². The number of amides is 1. The van der Waals surface area contributed by atoms with Gasteiger partial charge in [0.05, 0.1) is 29.7 Å². The number of halogens is 2. The Morgan fingerprint density at radius 3 is 2.76 bits per heavy atom. The molecule has 0 saturated heterocycles. The van der Waals surface area contributed by atoms with Crippen LogP contribution in [-0.2, 0) is 11.3 Å². The van der Waals surface area contributed by atoms with Gasteiger partial charge in [-0.25, -0.2) is 0 Å². The van der Waals surface area contributed by atoms with Crippen molar-refractivity contribution in [2.45, 2.75) is 6.54 Å². The molecule has 21 heavy (non-hydrogen) atoms. The molecule has 0 unspecified atom stereocenters. The van der Waals surface area contributed by atoms with Crippen molar-refractivity contribution in [2.75, 3.05) is 20.3 Å². The van der Waals surface area contributed by atoms with Gasteiger partial charge >= 0.3 is 0 Å². The normalized spacial score (nSPS) is 10.6. The molecule has 0 spiro atoms. The highest BCUT2D eigenvalue weighted by atomic mass is 35.5. The zero-order chi connectivity index (χ0) is 15.2. The molecular formula is C15H15Cl2NO3. The van der Waals surface area contributed by atoms with Crippen molar-refractivity contribution in [3.05, 3.63) is 58.0 Å². The molecular weight excluding hydrogens is 313 g/mol. The zero-order valence-corrected chi connectivity index (χ0v) is 13.0. The van der Waals surface area contributed by atoms with Gasteiger partial charge in [-0.3, -0.25) is 4.79 Å². The summed E-state index contributed by atoms with van der Waals surface area (Å²) < 4.78 is 10.1. The molecule has 0 bridgehead atoms. The van der Waals surface area contributed by atoms with E-state index < -0.39 is 0 Å². The predicted octanol–water partition coefficient (Wildman–Crippen LogP) is 3.88. The fraction of sp³-hybridized carbons (Fsp3) is 0.267. The van der Waals surface area contributed by atoms with E-state index in [9.17, 15) is 4.79 Å². The number of benzene rings is 1. The minimum Gasteiger partial charge on any atom is -0.472 e. The number of carbonyl (C=O) groups is 1. The van der Waals surface area contributed by atoms with E-state index in [1.165, 1.54) is 0 Å². The molecule has 1 aromatic heterocycles. The van der Waals surface area contributed by atoms with E-state index in [0.29, 0.717) is 35.3 Å². The smallest absolute Gasteiger partial charge is 0.255 e. The molecule has 112 valence electrons. The Labute approximate surface area is 133 Å². The van der Waals surface area contributed by atoms with Gasteiger partial charge in [0.25, 0.3) is 5.91 Å². The molecule has 0 N–H and O–H groups in total. The van der Waals surface area contributed by atoms with Crippen LogP contribution in [0.5, 0.6) is 0 Å². The minimum absolute atomic E-state index is 0.171. The number of ether oxygens (including phenoxy) is 1. The molecule has 0 radical (unpaired) electrons. The van der Waals surface area contributed by atoms with Crippen LogP contribution in [0.25, 0.3) is 0 Å². The quantitative estimate of drug-likeness (QED) is 0.808. The van der Waals surface area contributed by atoms with Gasteiger partial charge in [0.15, 0.2) is 0 Å². The predicted molar refractivity (Wildman–Crippen MR) is 81.8 cm³/mol. The lowest BCUT2D eigenvalue weighted by Crippen LogP contribution is -2.33. The Balaban J connectivity index is 2.20. The average molecular weight is 328 g/mol. The number of hydrogen-bond donors (Lipinski definition) is 0. The van der Waals surface area contributed by atoms with Crippen LogP contribution in [0.15, 0.2) is 41.2 Å². The Kier molecular flexibility index (Phi) is 5.67. The lowest BCUT2D eigenvalue weighted by atomic mass is 10.2. The summed E-state index contributed by atoms with van der Waals surface area (Å²) in [6.07, 6.45) is 3.18. The number of nitrogens with zero attached hydrogens (tertiary/aromatic N) is 1. The van der Waals surface area contributed by atoms with Crippen LogP contribution < -0.4 is 0 Å². The molecule has 1 amide bonds. The third kappa shape index (κ3) is 4.24. The van der Waals surface area contributed by atoms with Gasteiger partial charge in [0.2, 0.25) is 0 Å². The van der Waals surface area contributed by atoms with Crippen LogP contribution in [0, 0.1) is 0 Å². The summed E-state index contributed by atoms with van der Waals surface area (Å²) >= 11 is 12.0. The van der Waals surface area contributed by atoms with Crippen LogP contribution in [-0.4, -0.2) is 31.1 Å². The Hall–Kier alpha value is -1.49. The third-order valence-corrected chi connectivity index (χ3v) is 3.52. The van der Waals surface area contributed by atoms with Crippen LogP contribution in [0.2, 0.25) is 10.0 Å². The van der Waals surface area contributed by atoms with Crippen molar-refractivity contribution < 1.29 is 13.9 Å². The maximum absolute atomic E-state index is 12.6. The number of rotatable bonds is 6. The number of furan rings is 1. The van der Waals surface area contributed by atoms with Crippen LogP contribution in [0.1, 0.15) is 15.9 Å². The summed E-state index contributed by atoms with van der Waals surface area (Å²) in [6.45, 7) is 1.33. The number of carbonyl (C=O) groups excluding carboxylic acids is 1. The Morgan fingerprint density at radius 2 is 2.14 bits per heavy atom. The standard InChI is InChI=1S/C15H15Cl2NO3/c1-20-7-5-18(9-11-4-6-21-10-11)15(19)13-3-2-12(16)8-14(13)17/h2-4,6,8,10H,5,7,9H2,1H3. The molecule has 0 fully saturated rings. The van der Waals surface area contributed by atoms with Crippen molar-refractivity contribution in [3.63, 3.8) is 0 Å². The first-order chi connectivity index (χ1) is 10.1. The number of methoxy groups -OCH3 is 1. The first-order valence-electron chi connectivity index (χ1n) is 6.36. The van der Waals surface area contributed by atoms with Gasteiger partial charge in [-0.2, -0.15) is 0 Å². The highest BCUT2D eigenvalue weighted by Crippen LogP contribution is 2.23. The van der Waals surface area contributed by atoms with Crippen LogP contribution in [0.3, 0.4) is 0 Å². The molecule has 2 rings (SSSR count). The number of hydrogen-bond acceptors (Lipinski definition) is 3. The molecule has 1 aromatic carbocycles. The molecule has 0 atom stereocenters. The summed E-state index contributed by atoms with van der Waals surface area (Å²) in [4.78, 5) is 14.3. The van der Waals surface area contributed by atoms with Crippen molar-refractivity contribution in [1.29, 1.82) is 0 Å². The Bertz CT molecular complexity index is 599. The molecule has 0 aliphatic heterocycles. The van der Waals surface area contributed by atoms with E-state index in [1.807, 2.05) is 6.07 Å². The second-order valence-electron chi connectivity index (χ2n) is 4.48. The lowest BCUT2D eigenvalue weighted by molar-refractivity contribution is 0.0680. The van der Waals surface area contributed by atoms with Gasteiger partial charge in [0.1, 0.15) is 0 Å². The maximum atomic E-state index is 12.6. The highest BCUT2D eigenvalue weighted by Gasteiger charge is 2.19. The monoisotopic (exact) mass is 327 g/mol. The summed E-state index contributed by atoms with van der Waals surface area (Å²) in [5.41, 5.74) is 1.32. The lowest BCUT2D eigenvalue weighted by Gasteiger charge is -2.22. The van der Waals surface area contributed by atoms with E-state index in [1.54, 1.807) is 42.7 Å². The van der Waals surface area contributed by atoms with Gasteiger partial charge in [-0.15, -0.1) is 0 Å². The summed E-state index contributed by atoms with van der Waals surface area (Å²) in [7, 11) is 1.59. The van der Waals surface area contributed by atoms with Crippen molar-refractivity contribution in [3.8, 4) is 0 Å². The third-order valence-electron chi connectivity index (χ3n) is 2.97. The molecule has 0 saturated carbocycles. The van der Waals surface area contributed by atoms with Gasteiger partial charge in [-0.05, 0) is 24.3 Å². The molecule has 0 aliphatic carbocycles. The molecule has 1 heterocycles. The summed E-state index contributed by atoms with van der Waals surface area (Å²) in [5, 5.41) is 0.830. The van der Waals surface area contributed by atoms with E-state index in [2.05, 4.69) is 0 Å². The van der Waals surface area contributed by atoms with Gasteiger partial charge < -0.3 is 14.1 Å². The van der Waals surface area contributed by atoms with Crippen LogP contribution in [0.4, 0.5) is 0 Å². The fourth-order valence-electron chi connectivity index (χ4n) is 1.89. The summed E-state index contributed by atoms with van der Waals surface area (Å²) in [6, 6.07) is 6.65. The van der Waals surface area contributed by atoms with E-state index >= 15 is 0 Å². The first-order valence-corrected chi connectivity index (χ1v) is 7.11. The van der Waals surface area contributed by atoms with E-state index in [4.69, 9.17) is 32.4 Å². The largest absolute Gasteiger partial charge is 0.472 e. The molecule has 4 nitrogen and oxygen atoms in total. The average Bonchev–Trinajstić information content (AvgIpc) is 2.95. The topological polar surface area (TPSA) is 42.7 Å². The highest BCUT2D eigenvalue weighted by molar-refractivity contribution is 6.36. The Morgan fingerprint density at radius 1 is 1.33 bits per heavy atom. The minimum atomic E-state index is -0.171. The first kappa shape index (κ1) is 15.9. The fourth-order valence-corrected chi connectivity index (χ4v) is 2.38. The second-order valence-corrected chi connectivity index (χ2v) is 5.32. The zero-order valence-electron chi connectivity index (χ0n) is 11.5. The van der Waals surface area contributed by atoms with Gasteiger partial charge in [-0.1, -0.05) is 23.2 Å². The second kappa shape index (κ2) is 7.50. The summed E-state index contributed by atoms with van der Waals surface area (Å²) in [5.74, 6) is -0.171. The van der Waals surface area contributed by atoms with Crippen LogP contribution >= 0.6 is 23.2 Å². The SMILES string of the molecule is COCCN(Cc1ccoc1)C(=O)c1ccc(Cl)cc1Cl. The molecule has 6 heteroatoms. The molecule has 0 aliphatic rings. The van der Waals surface area contributed by atoms with Crippen molar-refractivity contribution >= 4 is 29.1 Å². The molecule has 2 aromatic rings. The van der Waals surface area contributed by atoms with Crippen molar-refractivity contribution in [2.24, 2.45) is 0 Å². The van der Waals surface area contributed by atoms with Crippen molar-refractivity contribution in [1.82, 2.24) is 4.90 Å². The maximum Gasteiger partial charge on any atom is 0.255 e. The van der Waals surface area contributed by atoms with E-state index in [-0.39, 0.29) is 5.91 Å².